The van der Waals surface area contributed by atoms with E-state index in [1.165, 1.54) is 31.0 Å². The molecule has 1 saturated carbocycles. The lowest BCUT2D eigenvalue weighted by molar-refractivity contribution is -0.118. The maximum atomic E-state index is 11.6. The number of halogens is 1. The fourth-order valence-electron chi connectivity index (χ4n) is 1.62. The van der Waals surface area contributed by atoms with Crippen LogP contribution in [0.1, 0.15) is 19.3 Å². The van der Waals surface area contributed by atoms with Crippen LogP contribution in [0, 0.1) is 5.92 Å². The number of nitrogens with one attached hydrogen (secondary N) is 1. The molecule has 0 aromatic carbocycles. The minimum atomic E-state index is 0.0967. The third-order valence-corrected chi connectivity index (χ3v) is 4.78. The van der Waals surface area contributed by atoms with Crippen LogP contribution in [0.2, 0.25) is 0 Å². The average Bonchev–Trinajstić information content (AvgIpc) is 2.26. The van der Waals surface area contributed by atoms with E-state index in [1.54, 1.807) is 6.20 Å². The van der Waals surface area contributed by atoms with Gasteiger partial charge in [-0.3, -0.25) is 4.79 Å². The minimum Gasteiger partial charge on any atom is -0.355 e. The standard InChI is InChI=1S/C12H15BrN2OS/c13-10-5-2-6-14-12(10)17-8-11(16)15-7-9-3-1-4-9/h2,5-6,9H,1,3-4,7-8H2,(H,15,16). The van der Waals surface area contributed by atoms with Crippen LogP contribution in [0.15, 0.2) is 27.8 Å². The molecule has 0 unspecified atom stereocenters. The summed E-state index contributed by atoms with van der Waals surface area (Å²) in [6.45, 7) is 0.836. The fraction of sp³-hybridized carbons (Fsp3) is 0.500. The van der Waals surface area contributed by atoms with Crippen molar-refractivity contribution in [1.29, 1.82) is 0 Å². The molecule has 0 aliphatic heterocycles. The summed E-state index contributed by atoms with van der Waals surface area (Å²) < 4.78 is 0.941. The van der Waals surface area contributed by atoms with E-state index < -0.39 is 0 Å². The maximum Gasteiger partial charge on any atom is 0.230 e. The second-order valence-corrected chi connectivity index (χ2v) is 6.00. The lowest BCUT2D eigenvalue weighted by Gasteiger charge is -2.25. The summed E-state index contributed by atoms with van der Waals surface area (Å²) in [5.41, 5.74) is 0. The molecule has 1 amide bonds. The van der Waals surface area contributed by atoms with Gasteiger partial charge < -0.3 is 5.32 Å². The van der Waals surface area contributed by atoms with Crippen LogP contribution in [0.5, 0.6) is 0 Å². The van der Waals surface area contributed by atoms with E-state index in [2.05, 4.69) is 26.2 Å². The topological polar surface area (TPSA) is 42.0 Å². The Hall–Kier alpha value is -0.550. The number of hydrogen-bond donors (Lipinski definition) is 1. The maximum absolute atomic E-state index is 11.6. The van der Waals surface area contributed by atoms with Crippen molar-refractivity contribution in [2.24, 2.45) is 5.92 Å². The van der Waals surface area contributed by atoms with E-state index >= 15 is 0 Å². The molecule has 1 aromatic rings. The average molecular weight is 315 g/mol. The molecule has 5 heteroatoms. The number of carbonyl (C=O) groups excluding carboxylic acids is 1. The molecule has 0 atom stereocenters. The van der Waals surface area contributed by atoms with Gasteiger partial charge in [0.2, 0.25) is 5.91 Å². The molecule has 0 spiro atoms. The Morgan fingerprint density at radius 1 is 1.59 bits per heavy atom. The van der Waals surface area contributed by atoms with E-state index in [0.29, 0.717) is 11.7 Å². The number of nitrogens with zero attached hydrogens (tertiary/aromatic N) is 1. The third-order valence-electron chi connectivity index (χ3n) is 2.88. The first-order valence-electron chi connectivity index (χ1n) is 5.75. The van der Waals surface area contributed by atoms with E-state index in [0.717, 1.165) is 16.0 Å². The van der Waals surface area contributed by atoms with Gasteiger partial charge in [0.05, 0.1) is 5.75 Å². The van der Waals surface area contributed by atoms with Crippen LogP contribution >= 0.6 is 27.7 Å². The molecule has 2 rings (SSSR count). The molecule has 1 aliphatic rings. The Kier molecular flexibility index (Phi) is 4.86. The molecule has 0 radical (unpaired) electrons. The van der Waals surface area contributed by atoms with Crippen LogP contribution < -0.4 is 5.32 Å². The summed E-state index contributed by atoms with van der Waals surface area (Å²) in [5, 5.41) is 3.84. The SMILES string of the molecule is O=C(CSc1ncccc1Br)NCC1CCC1. The van der Waals surface area contributed by atoms with Crippen molar-refractivity contribution in [2.75, 3.05) is 12.3 Å². The molecule has 1 aliphatic carbocycles. The van der Waals surface area contributed by atoms with Crippen molar-refractivity contribution in [1.82, 2.24) is 10.3 Å². The zero-order valence-corrected chi connectivity index (χ0v) is 11.9. The number of pyridine rings is 1. The van der Waals surface area contributed by atoms with Gasteiger partial charge in [-0.05, 0) is 46.8 Å². The van der Waals surface area contributed by atoms with Crippen molar-refractivity contribution < 1.29 is 4.79 Å². The molecule has 1 heterocycles. The van der Waals surface area contributed by atoms with E-state index in [1.807, 2.05) is 12.1 Å². The number of carbonyl (C=O) groups is 1. The molecule has 17 heavy (non-hydrogen) atoms. The van der Waals surface area contributed by atoms with Crippen molar-refractivity contribution >= 4 is 33.6 Å². The number of thioether (sulfide) groups is 1. The molecule has 1 N–H and O–H groups in total. The van der Waals surface area contributed by atoms with Gasteiger partial charge in [-0.15, -0.1) is 0 Å². The zero-order valence-electron chi connectivity index (χ0n) is 9.49. The van der Waals surface area contributed by atoms with Crippen LogP contribution in [0.4, 0.5) is 0 Å². The van der Waals surface area contributed by atoms with Gasteiger partial charge in [0.15, 0.2) is 0 Å². The highest BCUT2D eigenvalue weighted by molar-refractivity contribution is 9.10. The molecule has 1 fully saturated rings. The highest BCUT2D eigenvalue weighted by Crippen LogP contribution is 2.26. The van der Waals surface area contributed by atoms with Crippen LogP contribution in [0.25, 0.3) is 0 Å². The predicted molar refractivity (Wildman–Crippen MR) is 73.0 cm³/mol. The van der Waals surface area contributed by atoms with Gasteiger partial charge >= 0.3 is 0 Å². The molecule has 1 aromatic heterocycles. The van der Waals surface area contributed by atoms with E-state index in [-0.39, 0.29) is 5.91 Å². The first-order valence-corrected chi connectivity index (χ1v) is 7.53. The summed E-state index contributed by atoms with van der Waals surface area (Å²) in [6.07, 6.45) is 5.58. The molecular formula is C12H15BrN2OS. The summed E-state index contributed by atoms with van der Waals surface area (Å²) >= 11 is 4.88. The lowest BCUT2D eigenvalue weighted by atomic mass is 9.85. The highest BCUT2D eigenvalue weighted by atomic mass is 79.9. The summed E-state index contributed by atoms with van der Waals surface area (Å²) in [6, 6.07) is 3.80. The summed E-state index contributed by atoms with van der Waals surface area (Å²) in [4.78, 5) is 15.8. The summed E-state index contributed by atoms with van der Waals surface area (Å²) in [5.74, 6) is 1.24. The van der Waals surface area contributed by atoms with Gasteiger partial charge in [0.1, 0.15) is 5.03 Å². The first kappa shape index (κ1) is 12.9. The number of hydrogen-bond acceptors (Lipinski definition) is 3. The monoisotopic (exact) mass is 314 g/mol. The van der Waals surface area contributed by atoms with Gasteiger partial charge in [0.25, 0.3) is 0 Å². The quantitative estimate of drug-likeness (QED) is 0.850. The Morgan fingerprint density at radius 3 is 3.06 bits per heavy atom. The summed E-state index contributed by atoms with van der Waals surface area (Å²) in [7, 11) is 0. The zero-order chi connectivity index (χ0) is 12.1. The highest BCUT2D eigenvalue weighted by Gasteiger charge is 2.17. The molecular weight excluding hydrogens is 300 g/mol. The first-order chi connectivity index (χ1) is 8.25. The van der Waals surface area contributed by atoms with Crippen molar-refractivity contribution in [3.8, 4) is 0 Å². The van der Waals surface area contributed by atoms with Gasteiger partial charge in [0, 0.05) is 17.2 Å². The number of rotatable bonds is 5. The molecule has 0 saturated heterocycles. The minimum absolute atomic E-state index is 0.0967. The number of amides is 1. The smallest absolute Gasteiger partial charge is 0.230 e. The molecule has 92 valence electrons. The van der Waals surface area contributed by atoms with Crippen LogP contribution in [-0.2, 0) is 4.79 Å². The Morgan fingerprint density at radius 2 is 2.41 bits per heavy atom. The Labute approximate surface area is 114 Å². The molecule has 3 nitrogen and oxygen atoms in total. The van der Waals surface area contributed by atoms with Crippen LogP contribution in [0.3, 0.4) is 0 Å². The van der Waals surface area contributed by atoms with Gasteiger partial charge in [-0.25, -0.2) is 4.98 Å². The largest absolute Gasteiger partial charge is 0.355 e. The fourth-order valence-corrected chi connectivity index (χ4v) is 2.93. The predicted octanol–water partition coefficient (Wildman–Crippen LogP) is 2.85. The second-order valence-electron chi connectivity index (χ2n) is 4.18. The van der Waals surface area contributed by atoms with Crippen molar-refractivity contribution in [3.63, 3.8) is 0 Å². The Bertz CT molecular complexity index is 396. The molecule has 0 bridgehead atoms. The third kappa shape index (κ3) is 4.00. The van der Waals surface area contributed by atoms with Gasteiger partial charge in [-0.1, -0.05) is 18.2 Å². The van der Waals surface area contributed by atoms with E-state index in [4.69, 9.17) is 0 Å². The lowest BCUT2D eigenvalue weighted by Crippen LogP contribution is -2.33. The number of aromatic nitrogens is 1. The Balaban J connectivity index is 1.70. The van der Waals surface area contributed by atoms with Gasteiger partial charge in [-0.2, -0.15) is 0 Å². The van der Waals surface area contributed by atoms with Crippen molar-refractivity contribution in [2.45, 2.75) is 24.3 Å². The normalized spacial score (nSPS) is 15.4. The second kappa shape index (κ2) is 6.40. The van der Waals surface area contributed by atoms with Crippen LogP contribution in [-0.4, -0.2) is 23.2 Å². The van der Waals surface area contributed by atoms with Crippen molar-refractivity contribution in [3.05, 3.63) is 22.8 Å². The van der Waals surface area contributed by atoms with E-state index in [9.17, 15) is 4.79 Å².